The Morgan fingerprint density at radius 1 is 1.43 bits per heavy atom. The van der Waals surface area contributed by atoms with E-state index in [9.17, 15) is 8.78 Å². The molecule has 1 heterocycles. The molecule has 2 aromatic rings. The van der Waals surface area contributed by atoms with Crippen LogP contribution in [0.4, 0.5) is 8.78 Å². The normalized spacial score (nSPS) is 11.1. The van der Waals surface area contributed by atoms with Crippen molar-refractivity contribution in [3.63, 3.8) is 0 Å². The van der Waals surface area contributed by atoms with Gasteiger partial charge in [-0.25, -0.2) is 4.98 Å². The van der Waals surface area contributed by atoms with Crippen molar-refractivity contribution < 1.29 is 13.5 Å². The zero-order valence-electron chi connectivity index (χ0n) is 6.71. The molecule has 0 aliphatic carbocycles. The summed E-state index contributed by atoms with van der Waals surface area (Å²) in [6.45, 7) is -2.89. The molecule has 0 saturated carbocycles. The number of alkyl halides is 2. The molecule has 6 heteroatoms. The second-order valence-corrected chi connectivity index (χ2v) is 3.75. The molecule has 0 fully saturated rings. The van der Waals surface area contributed by atoms with Crippen LogP contribution in [0.1, 0.15) is 0 Å². The number of hydrogen-bond donors (Lipinski definition) is 0. The number of nitrogens with zero attached hydrogens (tertiary/aromatic N) is 1. The van der Waals surface area contributed by atoms with E-state index in [1.54, 1.807) is 11.6 Å². The van der Waals surface area contributed by atoms with Crippen LogP contribution in [0.15, 0.2) is 17.6 Å². The Morgan fingerprint density at radius 2 is 2.21 bits per heavy atom. The van der Waals surface area contributed by atoms with Crippen molar-refractivity contribution in [3.05, 3.63) is 22.7 Å². The number of thiazole rings is 1. The third kappa shape index (κ3) is 1.65. The van der Waals surface area contributed by atoms with E-state index in [-0.39, 0.29) is 10.8 Å². The molecule has 1 aromatic carbocycles. The predicted molar refractivity (Wildman–Crippen MR) is 51.3 cm³/mol. The van der Waals surface area contributed by atoms with Crippen molar-refractivity contribution in [3.8, 4) is 5.75 Å². The summed E-state index contributed by atoms with van der Waals surface area (Å²) in [5.41, 5.74) is 1.93. The van der Waals surface area contributed by atoms with Crippen LogP contribution < -0.4 is 4.74 Å². The molecule has 0 atom stereocenters. The van der Waals surface area contributed by atoms with Gasteiger partial charge in [-0.3, -0.25) is 0 Å². The lowest BCUT2D eigenvalue weighted by Crippen LogP contribution is -2.02. The number of halogens is 3. The molecule has 2 nitrogen and oxygen atoms in total. The zero-order chi connectivity index (χ0) is 10.1. The van der Waals surface area contributed by atoms with Crippen molar-refractivity contribution in [2.24, 2.45) is 0 Å². The highest BCUT2D eigenvalue weighted by Crippen LogP contribution is 2.35. The van der Waals surface area contributed by atoms with Crippen molar-refractivity contribution >= 4 is 33.2 Å². The molecule has 0 N–H and O–H groups in total. The van der Waals surface area contributed by atoms with Gasteiger partial charge in [0.1, 0.15) is 5.52 Å². The van der Waals surface area contributed by atoms with E-state index >= 15 is 0 Å². The van der Waals surface area contributed by atoms with Crippen molar-refractivity contribution in [1.82, 2.24) is 4.98 Å². The first-order valence-electron chi connectivity index (χ1n) is 3.65. The standard InChI is InChI=1S/C8H4ClF2NOS/c9-4-1-2-5-6(12-3-14-5)7(4)13-8(10)11/h1-3,8H. The van der Waals surface area contributed by atoms with Crippen LogP contribution in [-0.2, 0) is 0 Å². The third-order valence-corrected chi connectivity index (χ3v) is 2.71. The lowest BCUT2D eigenvalue weighted by molar-refractivity contribution is -0.0488. The smallest absolute Gasteiger partial charge is 0.387 e. The fraction of sp³-hybridized carbons (Fsp3) is 0.125. The largest absolute Gasteiger partial charge is 0.431 e. The molecule has 14 heavy (non-hydrogen) atoms. The van der Waals surface area contributed by atoms with E-state index in [1.165, 1.54) is 17.4 Å². The molecule has 0 spiro atoms. The maximum Gasteiger partial charge on any atom is 0.387 e. The molecular weight excluding hydrogens is 232 g/mol. The van der Waals surface area contributed by atoms with Crippen molar-refractivity contribution in [1.29, 1.82) is 0 Å². The molecule has 0 saturated heterocycles. The molecule has 74 valence electrons. The van der Waals surface area contributed by atoms with E-state index in [1.807, 2.05) is 0 Å². The van der Waals surface area contributed by atoms with E-state index < -0.39 is 6.61 Å². The number of aromatic nitrogens is 1. The number of fused-ring (bicyclic) bond motifs is 1. The Kier molecular flexibility index (Phi) is 2.52. The Morgan fingerprint density at radius 3 is 2.93 bits per heavy atom. The molecule has 0 bridgehead atoms. The van der Waals surface area contributed by atoms with Crippen LogP contribution in [-0.4, -0.2) is 11.6 Å². The van der Waals surface area contributed by atoms with E-state index in [0.717, 1.165) is 4.70 Å². The minimum absolute atomic E-state index is 0.0552. The first-order valence-corrected chi connectivity index (χ1v) is 4.91. The SMILES string of the molecule is FC(F)Oc1c(Cl)ccc2scnc12. The average Bonchev–Trinajstić information content (AvgIpc) is 2.57. The highest BCUT2D eigenvalue weighted by molar-refractivity contribution is 7.16. The summed E-state index contributed by atoms with van der Waals surface area (Å²) in [5.74, 6) is -0.0552. The fourth-order valence-corrected chi connectivity index (χ4v) is 1.96. The van der Waals surface area contributed by atoms with E-state index in [2.05, 4.69) is 9.72 Å². The molecule has 0 radical (unpaired) electrons. The predicted octanol–water partition coefficient (Wildman–Crippen LogP) is 3.55. The summed E-state index contributed by atoms with van der Waals surface area (Å²) in [7, 11) is 0. The monoisotopic (exact) mass is 235 g/mol. The van der Waals surface area contributed by atoms with E-state index in [0.29, 0.717) is 5.52 Å². The van der Waals surface area contributed by atoms with Gasteiger partial charge in [-0.2, -0.15) is 8.78 Å². The van der Waals surface area contributed by atoms with Crippen LogP contribution in [0.3, 0.4) is 0 Å². The van der Waals surface area contributed by atoms with Crippen molar-refractivity contribution in [2.45, 2.75) is 6.61 Å². The Labute approximate surface area is 87.1 Å². The van der Waals surface area contributed by atoms with Gasteiger partial charge in [-0.05, 0) is 12.1 Å². The summed E-state index contributed by atoms with van der Waals surface area (Å²) >= 11 is 7.05. The molecule has 0 aliphatic rings. The summed E-state index contributed by atoms with van der Waals surface area (Å²) in [4.78, 5) is 3.91. The number of ether oxygens (including phenoxy) is 1. The van der Waals surface area contributed by atoms with Gasteiger partial charge in [0.15, 0.2) is 5.75 Å². The summed E-state index contributed by atoms with van der Waals surface area (Å²) in [6, 6.07) is 3.23. The second-order valence-electron chi connectivity index (χ2n) is 2.45. The molecular formula is C8H4ClF2NOS. The number of rotatable bonds is 2. The molecule has 0 amide bonds. The first kappa shape index (κ1) is 9.61. The lowest BCUT2D eigenvalue weighted by atomic mass is 10.3. The molecule has 0 unspecified atom stereocenters. The lowest BCUT2D eigenvalue weighted by Gasteiger charge is -2.06. The van der Waals surface area contributed by atoms with Gasteiger partial charge in [0.2, 0.25) is 0 Å². The third-order valence-electron chi connectivity index (χ3n) is 1.61. The van der Waals surface area contributed by atoms with Gasteiger partial charge < -0.3 is 4.74 Å². The molecule has 1 aromatic heterocycles. The Hall–Kier alpha value is -0.940. The van der Waals surface area contributed by atoms with Gasteiger partial charge >= 0.3 is 6.61 Å². The topological polar surface area (TPSA) is 22.1 Å². The minimum atomic E-state index is -2.89. The van der Waals surface area contributed by atoms with E-state index in [4.69, 9.17) is 11.6 Å². The van der Waals surface area contributed by atoms with Crippen LogP contribution in [0.25, 0.3) is 10.2 Å². The maximum absolute atomic E-state index is 12.0. The fourth-order valence-electron chi connectivity index (χ4n) is 1.08. The minimum Gasteiger partial charge on any atom is -0.431 e. The van der Waals surface area contributed by atoms with Crippen molar-refractivity contribution in [2.75, 3.05) is 0 Å². The Bertz CT molecular complexity index is 460. The first-order chi connectivity index (χ1) is 6.68. The molecule has 2 rings (SSSR count). The van der Waals surface area contributed by atoms with Gasteiger partial charge in [0.05, 0.1) is 15.2 Å². The second kappa shape index (κ2) is 3.67. The highest BCUT2D eigenvalue weighted by Gasteiger charge is 2.14. The molecule has 0 aliphatic heterocycles. The number of hydrogen-bond acceptors (Lipinski definition) is 3. The van der Waals surface area contributed by atoms with Gasteiger partial charge in [0, 0.05) is 0 Å². The highest BCUT2D eigenvalue weighted by atomic mass is 35.5. The summed E-state index contributed by atoms with van der Waals surface area (Å²) < 4.78 is 29.1. The quantitative estimate of drug-likeness (QED) is 0.794. The summed E-state index contributed by atoms with van der Waals surface area (Å²) in [5, 5.41) is 0.142. The van der Waals surface area contributed by atoms with Crippen LogP contribution in [0, 0.1) is 0 Å². The van der Waals surface area contributed by atoms with Crippen LogP contribution >= 0.6 is 22.9 Å². The van der Waals surface area contributed by atoms with Crippen LogP contribution in [0.5, 0.6) is 5.75 Å². The van der Waals surface area contributed by atoms with Gasteiger partial charge in [0.25, 0.3) is 0 Å². The maximum atomic E-state index is 12.0. The van der Waals surface area contributed by atoms with Gasteiger partial charge in [-0.1, -0.05) is 11.6 Å². The average molecular weight is 236 g/mol. The Balaban J connectivity index is 2.58. The van der Waals surface area contributed by atoms with Gasteiger partial charge in [-0.15, -0.1) is 11.3 Å². The summed E-state index contributed by atoms with van der Waals surface area (Å²) in [6.07, 6.45) is 0. The zero-order valence-corrected chi connectivity index (χ0v) is 8.28. The van der Waals surface area contributed by atoms with Crippen LogP contribution in [0.2, 0.25) is 5.02 Å². The number of benzene rings is 1.